The molecule has 0 aliphatic rings. The lowest BCUT2D eigenvalue weighted by Gasteiger charge is -2.16. The zero-order valence-corrected chi connectivity index (χ0v) is 18.3. The first kappa shape index (κ1) is 23.5. The van der Waals surface area contributed by atoms with Gasteiger partial charge in [0.15, 0.2) is 0 Å². The minimum Gasteiger partial charge on any atom is -0.340 e. The van der Waals surface area contributed by atoms with Gasteiger partial charge in [0.25, 0.3) is 23.6 Å². The third-order valence-corrected chi connectivity index (χ3v) is 4.94. The van der Waals surface area contributed by atoms with Gasteiger partial charge in [-0.3, -0.25) is 30.0 Å². The van der Waals surface area contributed by atoms with Gasteiger partial charge in [-0.25, -0.2) is 0 Å². The molecule has 0 saturated carbocycles. The predicted octanol–water partition coefficient (Wildman–Crippen LogP) is 3.17. The number of halogens is 1. The van der Waals surface area contributed by atoms with Gasteiger partial charge in [-0.05, 0) is 43.3 Å². The Balaban J connectivity index is 1.60. The number of anilines is 1. The van der Waals surface area contributed by atoms with Gasteiger partial charge in [-0.15, -0.1) is 0 Å². The summed E-state index contributed by atoms with van der Waals surface area (Å²) in [4.78, 5) is 49.7. The van der Waals surface area contributed by atoms with Gasteiger partial charge in [-0.2, -0.15) is 0 Å². The highest BCUT2D eigenvalue weighted by Crippen LogP contribution is 2.17. The van der Waals surface area contributed by atoms with Crippen LogP contribution >= 0.6 is 11.6 Å². The third-order valence-electron chi connectivity index (χ3n) is 4.61. The third kappa shape index (κ3) is 6.18. The van der Waals surface area contributed by atoms with E-state index in [2.05, 4.69) is 21.5 Å². The van der Waals surface area contributed by atoms with Gasteiger partial charge in [0.1, 0.15) is 6.04 Å². The van der Waals surface area contributed by atoms with Crippen molar-refractivity contribution in [2.45, 2.75) is 13.0 Å². The molecule has 0 spiro atoms. The first-order valence-electron chi connectivity index (χ1n) is 9.98. The van der Waals surface area contributed by atoms with E-state index in [9.17, 15) is 19.2 Å². The van der Waals surface area contributed by atoms with Gasteiger partial charge in [-0.1, -0.05) is 54.1 Å². The van der Waals surface area contributed by atoms with Crippen LogP contribution in [0.1, 0.15) is 38.0 Å². The van der Waals surface area contributed by atoms with Crippen molar-refractivity contribution in [3.63, 3.8) is 0 Å². The Labute approximate surface area is 195 Å². The summed E-state index contributed by atoms with van der Waals surface area (Å²) in [5.74, 6) is -2.18. The molecule has 0 saturated heterocycles. The molecule has 3 rings (SSSR count). The smallest absolute Gasteiger partial charge is 0.271 e. The van der Waals surface area contributed by atoms with Crippen LogP contribution in [0.25, 0.3) is 0 Å². The second-order valence-electron chi connectivity index (χ2n) is 6.98. The van der Waals surface area contributed by atoms with Crippen molar-refractivity contribution in [3.8, 4) is 0 Å². The minimum atomic E-state index is -0.984. The van der Waals surface area contributed by atoms with E-state index in [0.29, 0.717) is 11.3 Å². The number of carbonyl (C=O) groups excluding carboxylic acids is 4. The predicted molar refractivity (Wildman–Crippen MR) is 125 cm³/mol. The molecule has 0 aliphatic carbocycles. The Hall–Kier alpha value is -4.17. The molecule has 3 aromatic carbocycles. The number of para-hydroxylation sites is 1. The summed E-state index contributed by atoms with van der Waals surface area (Å²) in [6, 6.07) is 20.4. The average Bonchev–Trinajstić information content (AvgIpc) is 2.83. The SMILES string of the molecule is C[C@H](NC(=O)c1ccccc1NC(=O)c1ccccc1)C(=O)NNC(=O)c1ccccc1Cl. The Morgan fingerprint density at radius 1 is 0.697 bits per heavy atom. The first-order valence-corrected chi connectivity index (χ1v) is 10.4. The number of amides is 4. The van der Waals surface area contributed by atoms with Gasteiger partial charge >= 0.3 is 0 Å². The zero-order valence-electron chi connectivity index (χ0n) is 17.6. The molecule has 0 fully saturated rings. The molecule has 4 amide bonds. The van der Waals surface area contributed by atoms with E-state index in [1.807, 2.05) is 0 Å². The van der Waals surface area contributed by atoms with Crippen LogP contribution in [0.2, 0.25) is 5.02 Å². The molecule has 3 aromatic rings. The minimum absolute atomic E-state index is 0.182. The summed E-state index contributed by atoms with van der Waals surface area (Å²) in [5, 5.41) is 5.48. The topological polar surface area (TPSA) is 116 Å². The van der Waals surface area contributed by atoms with Crippen LogP contribution in [0, 0.1) is 0 Å². The van der Waals surface area contributed by atoms with E-state index < -0.39 is 23.8 Å². The summed E-state index contributed by atoms with van der Waals surface area (Å²) < 4.78 is 0. The first-order chi connectivity index (χ1) is 15.9. The molecule has 0 radical (unpaired) electrons. The molecule has 4 N–H and O–H groups in total. The second-order valence-corrected chi connectivity index (χ2v) is 7.39. The summed E-state index contributed by atoms with van der Waals surface area (Å²) >= 11 is 5.96. The fourth-order valence-corrected chi connectivity index (χ4v) is 3.07. The van der Waals surface area contributed by atoms with Crippen LogP contribution in [0.3, 0.4) is 0 Å². The molecule has 0 unspecified atom stereocenters. The van der Waals surface area contributed by atoms with E-state index in [4.69, 9.17) is 11.6 Å². The quantitative estimate of drug-likeness (QED) is 0.419. The van der Waals surface area contributed by atoms with E-state index in [0.717, 1.165) is 0 Å². The maximum Gasteiger partial charge on any atom is 0.271 e. The Bertz CT molecular complexity index is 1180. The highest BCUT2D eigenvalue weighted by atomic mass is 35.5. The van der Waals surface area contributed by atoms with Crippen molar-refractivity contribution in [2.24, 2.45) is 0 Å². The van der Waals surface area contributed by atoms with Gasteiger partial charge < -0.3 is 10.6 Å². The fraction of sp³-hybridized carbons (Fsp3) is 0.0833. The van der Waals surface area contributed by atoms with E-state index >= 15 is 0 Å². The van der Waals surface area contributed by atoms with Gasteiger partial charge in [0, 0.05) is 5.56 Å². The molecule has 1 atom stereocenters. The summed E-state index contributed by atoms with van der Waals surface area (Å²) in [6.07, 6.45) is 0. The van der Waals surface area contributed by atoms with Crippen LogP contribution in [0.4, 0.5) is 5.69 Å². The Morgan fingerprint density at radius 2 is 1.30 bits per heavy atom. The molecule has 168 valence electrons. The lowest BCUT2D eigenvalue weighted by molar-refractivity contribution is -0.123. The largest absolute Gasteiger partial charge is 0.340 e. The van der Waals surface area contributed by atoms with E-state index in [-0.39, 0.29) is 22.1 Å². The monoisotopic (exact) mass is 464 g/mol. The van der Waals surface area contributed by atoms with Crippen LogP contribution in [0.5, 0.6) is 0 Å². The van der Waals surface area contributed by atoms with Crippen LogP contribution in [-0.4, -0.2) is 29.7 Å². The average molecular weight is 465 g/mol. The fourth-order valence-electron chi connectivity index (χ4n) is 2.85. The van der Waals surface area contributed by atoms with Crippen molar-refractivity contribution >= 4 is 40.9 Å². The molecule has 0 aliphatic heterocycles. The number of benzene rings is 3. The normalized spacial score (nSPS) is 11.1. The number of hydrogen-bond acceptors (Lipinski definition) is 4. The lowest BCUT2D eigenvalue weighted by Crippen LogP contribution is -2.51. The van der Waals surface area contributed by atoms with Crippen molar-refractivity contribution in [1.82, 2.24) is 16.2 Å². The number of rotatable bonds is 6. The number of nitrogens with one attached hydrogen (secondary N) is 4. The summed E-state index contributed by atoms with van der Waals surface area (Å²) in [6.45, 7) is 1.46. The Kier molecular flexibility index (Phi) is 7.77. The molecule has 9 heteroatoms. The number of hydrazine groups is 1. The number of carbonyl (C=O) groups is 4. The molecular weight excluding hydrogens is 444 g/mol. The highest BCUT2D eigenvalue weighted by Gasteiger charge is 2.20. The second kappa shape index (κ2) is 10.9. The maximum absolute atomic E-state index is 12.8. The highest BCUT2D eigenvalue weighted by molar-refractivity contribution is 6.33. The Morgan fingerprint density at radius 3 is 2.00 bits per heavy atom. The molecule has 0 aromatic heterocycles. The van der Waals surface area contributed by atoms with Crippen LogP contribution < -0.4 is 21.5 Å². The zero-order chi connectivity index (χ0) is 23.8. The summed E-state index contributed by atoms with van der Waals surface area (Å²) in [7, 11) is 0. The van der Waals surface area contributed by atoms with Crippen LogP contribution in [0.15, 0.2) is 78.9 Å². The molecule has 0 bridgehead atoms. The molecular formula is C24H21ClN4O4. The standard InChI is InChI=1S/C24H21ClN4O4/c1-15(21(30)28-29-24(33)17-11-5-7-13-19(17)25)26-23(32)18-12-6-8-14-20(18)27-22(31)16-9-3-2-4-10-16/h2-15H,1H3,(H,26,32)(H,27,31)(H,28,30)(H,29,33)/t15-/m0/s1. The van der Waals surface area contributed by atoms with Crippen molar-refractivity contribution in [1.29, 1.82) is 0 Å². The molecule has 8 nitrogen and oxygen atoms in total. The molecule has 0 heterocycles. The van der Waals surface area contributed by atoms with Crippen LogP contribution in [-0.2, 0) is 4.79 Å². The van der Waals surface area contributed by atoms with Gasteiger partial charge in [0.2, 0.25) is 0 Å². The van der Waals surface area contributed by atoms with Gasteiger partial charge in [0.05, 0.1) is 21.8 Å². The van der Waals surface area contributed by atoms with E-state index in [1.165, 1.54) is 19.1 Å². The van der Waals surface area contributed by atoms with Crippen molar-refractivity contribution in [3.05, 3.63) is 101 Å². The van der Waals surface area contributed by atoms with Crippen molar-refractivity contribution in [2.75, 3.05) is 5.32 Å². The lowest BCUT2D eigenvalue weighted by atomic mass is 10.1. The van der Waals surface area contributed by atoms with Crippen molar-refractivity contribution < 1.29 is 19.2 Å². The molecule has 33 heavy (non-hydrogen) atoms. The van der Waals surface area contributed by atoms with E-state index in [1.54, 1.807) is 66.7 Å². The summed E-state index contributed by atoms with van der Waals surface area (Å²) in [5.41, 5.74) is 5.62. The maximum atomic E-state index is 12.8. The number of hydrogen-bond donors (Lipinski definition) is 4.